The Morgan fingerprint density at radius 1 is 1.39 bits per heavy atom. The number of halogens is 3. The fraction of sp³-hybridized carbons (Fsp3) is 0.818. The highest BCUT2D eigenvalue weighted by Crippen LogP contribution is 2.29. The molecule has 104 valence electrons. The third kappa shape index (κ3) is 4.93. The molecule has 1 fully saturated rings. The van der Waals surface area contributed by atoms with Gasteiger partial charge >= 0.3 is 12.1 Å². The highest BCUT2D eigenvalue weighted by Gasteiger charge is 2.36. The normalized spacial score (nSPS) is 17.3. The molecule has 1 unspecified atom stereocenters. The largest absolute Gasteiger partial charge is 0.481 e. The van der Waals surface area contributed by atoms with Crippen LogP contribution in [0.5, 0.6) is 0 Å². The quantitative estimate of drug-likeness (QED) is 0.801. The van der Waals surface area contributed by atoms with Crippen molar-refractivity contribution in [2.75, 3.05) is 6.54 Å². The molecule has 1 aliphatic rings. The number of carbonyl (C=O) groups excluding carboxylic acids is 1. The number of alkyl halides is 3. The van der Waals surface area contributed by atoms with Gasteiger partial charge in [-0.2, -0.15) is 13.2 Å². The van der Waals surface area contributed by atoms with Gasteiger partial charge in [0.15, 0.2) is 0 Å². The zero-order valence-electron chi connectivity index (χ0n) is 10.0. The fourth-order valence-corrected chi connectivity index (χ4v) is 1.61. The van der Waals surface area contributed by atoms with E-state index in [1.807, 2.05) is 0 Å². The van der Waals surface area contributed by atoms with Gasteiger partial charge in [-0.3, -0.25) is 9.59 Å². The van der Waals surface area contributed by atoms with E-state index in [1.54, 1.807) is 0 Å². The number of carboxylic acids is 1. The Hall–Kier alpha value is -1.27. The molecule has 0 heterocycles. The minimum atomic E-state index is -4.36. The van der Waals surface area contributed by atoms with Crippen LogP contribution in [0.1, 0.15) is 32.6 Å². The molecular formula is C11H16F3NO3. The Morgan fingerprint density at radius 2 is 1.94 bits per heavy atom. The van der Waals surface area contributed by atoms with Crippen molar-refractivity contribution in [3.8, 4) is 0 Å². The predicted molar refractivity (Wildman–Crippen MR) is 56.8 cm³/mol. The van der Waals surface area contributed by atoms with Crippen LogP contribution >= 0.6 is 0 Å². The molecule has 0 aromatic heterocycles. The van der Waals surface area contributed by atoms with Gasteiger partial charge in [-0.05, 0) is 12.8 Å². The second-order valence-corrected chi connectivity index (χ2v) is 4.63. The van der Waals surface area contributed by atoms with Crippen molar-refractivity contribution in [1.29, 1.82) is 0 Å². The first-order valence-electron chi connectivity index (χ1n) is 5.79. The molecule has 1 aliphatic carbocycles. The van der Waals surface area contributed by atoms with Crippen LogP contribution in [0, 0.1) is 5.92 Å². The SMILES string of the molecule is CC(CN(C(=O)CCC(F)(F)F)C1CC1)C(=O)O. The number of amides is 1. The molecule has 1 N–H and O–H groups in total. The van der Waals surface area contributed by atoms with Crippen molar-refractivity contribution >= 4 is 11.9 Å². The van der Waals surface area contributed by atoms with Crippen molar-refractivity contribution < 1.29 is 27.9 Å². The van der Waals surface area contributed by atoms with Gasteiger partial charge in [0.05, 0.1) is 12.3 Å². The number of carbonyl (C=O) groups is 2. The number of hydrogen-bond donors (Lipinski definition) is 1. The first kappa shape index (κ1) is 14.8. The third-order valence-corrected chi connectivity index (χ3v) is 2.82. The lowest BCUT2D eigenvalue weighted by molar-refractivity contribution is -0.151. The van der Waals surface area contributed by atoms with E-state index in [0.29, 0.717) is 0 Å². The average molecular weight is 267 g/mol. The molecule has 0 aromatic rings. The molecule has 0 bridgehead atoms. The van der Waals surface area contributed by atoms with E-state index in [2.05, 4.69) is 0 Å². The third-order valence-electron chi connectivity index (χ3n) is 2.82. The van der Waals surface area contributed by atoms with E-state index in [1.165, 1.54) is 11.8 Å². The Labute approximate surface area is 103 Å². The van der Waals surface area contributed by atoms with Crippen LogP contribution in [0.4, 0.5) is 13.2 Å². The van der Waals surface area contributed by atoms with Crippen molar-refractivity contribution in [1.82, 2.24) is 4.90 Å². The highest BCUT2D eigenvalue weighted by atomic mass is 19.4. The lowest BCUT2D eigenvalue weighted by Crippen LogP contribution is -2.38. The molecule has 0 spiro atoms. The van der Waals surface area contributed by atoms with Gasteiger partial charge in [-0.1, -0.05) is 6.92 Å². The van der Waals surface area contributed by atoms with Gasteiger partial charge in [-0.15, -0.1) is 0 Å². The molecule has 18 heavy (non-hydrogen) atoms. The van der Waals surface area contributed by atoms with Crippen LogP contribution in [0.3, 0.4) is 0 Å². The molecular weight excluding hydrogens is 251 g/mol. The van der Waals surface area contributed by atoms with E-state index in [0.717, 1.165) is 12.8 Å². The maximum absolute atomic E-state index is 12.0. The number of rotatable bonds is 6. The fourth-order valence-electron chi connectivity index (χ4n) is 1.61. The summed E-state index contributed by atoms with van der Waals surface area (Å²) in [5, 5.41) is 8.76. The Morgan fingerprint density at radius 3 is 2.33 bits per heavy atom. The molecule has 0 saturated heterocycles. The van der Waals surface area contributed by atoms with Gasteiger partial charge in [-0.25, -0.2) is 0 Å². The Balaban J connectivity index is 2.51. The van der Waals surface area contributed by atoms with Crippen molar-refractivity contribution in [3.63, 3.8) is 0 Å². The van der Waals surface area contributed by atoms with Crippen molar-refractivity contribution in [2.45, 2.75) is 44.8 Å². The van der Waals surface area contributed by atoms with E-state index in [4.69, 9.17) is 5.11 Å². The lowest BCUT2D eigenvalue weighted by atomic mass is 10.1. The van der Waals surface area contributed by atoms with E-state index >= 15 is 0 Å². The minimum absolute atomic E-state index is 0.0172. The topological polar surface area (TPSA) is 57.6 Å². The standard InChI is InChI=1S/C11H16F3NO3/c1-7(10(17)18)6-15(8-2-3-8)9(16)4-5-11(12,13)14/h7-8H,2-6H2,1H3,(H,17,18). The first-order chi connectivity index (χ1) is 8.20. The summed E-state index contributed by atoms with van der Waals surface area (Å²) >= 11 is 0. The molecule has 7 heteroatoms. The van der Waals surface area contributed by atoms with Gasteiger partial charge < -0.3 is 10.0 Å². The van der Waals surface area contributed by atoms with Crippen LogP contribution in [0.25, 0.3) is 0 Å². The van der Waals surface area contributed by atoms with Gasteiger partial charge in [0.2, 0.25) is 5.91 Å². The second kappa shape index (κ2) is 5.58. The van der Waals surface area contributed by atoms with Gasteiger partial charge in [0.1, 0.15) is 0 Å². The summed E-state index contributed by atoms with van der Waals surface area (Å²) in [5.41, 5.74) is 0. The molecule has 1 atom stereocenters. The van der Waals surface area contributed by atoms with Gasteiger partial charge in [0, 0.05) is 19.0 Å². The van der Waals surface area contributed by atoms with Crippen molar-refractivity contribution in [2.24, 2.45) is 5.92 Å². The number of aliphatic carboxylic acids is 1. The summed E-state index contributed by atoms with van der Waals surface area (Å²) in [6.45, 7) is 1.42. The number of hydrogen-bond acceptors (Lipinski definition) is 2. The summed E-state index contributed by atoms with van der Waals surface area (Å²) in [4.78, 5) is 23.6. The zero-order chi connectivity index (χ0) is 13.9. The maximum Gasteiger partial charge on any atom is 0.389 e. The van der Waals surface area contributed by atoms with Crippen LogP contribution in [-0.2, 0) is 9.59 Å². The predicted octanol–water partition coefficient (Wildman–Crippen LogP) is 2.04. The Kier molecular flexibility index (Phi) is 4.59. The van der Waals surface area contributed by atoms with E-state index in [-0.39, 0.29) is 12.6 Å². The molecule has 4 nitrogen and oxygen atoms in total. The summed E-state index contributed by atoms with van der Waals surface area (Å²) in [6.07, 6.45) is -4.64. The van der Waals surface area contributed by atoms with E-state index < -0.39 is 36.8 Å². The molecule has 1 rings (SSSR count). The molecule has 0 aliphatic heterocycles. The molecule has 1 amide bonds. The summed E-state index contributed by atoms with van der Waals surface area (Å²) in [5.74, 6) is -2.42. The van der Waals surface area contributed by atoms with Crippen LogP contribution in [0.2, 0.25) is 0 Å². The lowest BCUT2D eigenvalue weighted by Gasteiger charge is -2.24. The number of nitrogens with zero attached hydrogens (tertiary/aromatic N) is 1. The molecule has 1 saturated carbocycles. The van der Waals surface area contributed by atoms with Crippen LogP contribution < -0.4 is 0 Å². The smallest absolute Gasteiger partial charge is 0.389 e. The van der Waals surface area contributed by atoms with Crippen molar-refractivity contribution in [3.05, 3.63) is 0 Å². The van der Waals surface area contributed by atoms with E-state index in [9.17, 15) is 22.8 Å². The second-order valence-electron chi connectivity index (χ2n) is 4.63. The maximum atomic E-state index is 12.0. The molecule has 0 radical (unpaired) electrons. The summed E-state index contributed by atoms with van der Waals surface area (Å²) < 4.78 is 36.1. The average Bonchev–Trinajstić information content (AvgIpc) is 3.04. The summed E-state index contributed by atoms with van der Waals surface area (Å²) in [6, 6.07) is -0.0764. The minimum Gasteiger partial charge on any atom is -0.481 e. The highest BCUT2D eigenvalue weighted by molar-refractivity contribution is 5.78. The van der Waals surface area contributed by atoms with Crippen LogP contribution in [0.15, 0.2) is 0 Å². The molecule has 0 aromatic carbocycles. The van der Waals surface area contributed by atoms with Crippen LogP contribution in [-0.4, -0.2) is 40.6 Å². The first-order valence-corrected chi connectivity index (χ1v) is 5.79. The van der Waals surface area contributed by atoms with Gasteiger partial charge in [0.25, 0.3) is 0 Å². The monoisotopic (exact) mass is 267 g/mol. The summed E-state index contributed by atoms with van der Waals surface area (Å²) in [7, 11) is 0. The zero-order valence-corrected chi connectivity index (χ0v) is 10.0. The Bertz CT molecular complexity index is 326. The number of carboxylic acid groups (broad SMARTS) is 1.